The summed E-state index contributed by atoms with van der Waals surface area (Å²) in [5.41, 5.74) is 0.834. The first kappa shape index (κ1) is 17.5. The number of azo groups is 1. The second-order valence-electron chi connectivity index (χ2n) is 6.04. The number of hydrogen-bond acceptors (Lipinski definition) is 6. The van der Waals surface area contributed by atoms with Gasteiger partial charge in [0.05, 0.1) is 5.52 Å². The monoisotopic (exact) mass is 380 g/mol. The summed E-state index contributed by atoms with van der Waals surface area (Å²) in [7, 11) is 0. The Labute approximate surface area is 159 Å². The fourth-order valence-corrected chi connectivity index (χ4v) is 2.78. The predicted octanol–water partition coefficient (Wildman–Crippen LogP) is 2.44. The van der Waals surface area contributed by atoms with E-state index in [1.807, 2.05) is 0 Å². The van der Waals surface area contributed by atoms with Crippen LogP contribution in [0.25, 0.3) is 10.9 Å². The summed E-state index contributed by atoms with van der Waals surface area (Å²) in [5.74, 6) is -0.318. The number of nitrogens with one attached hydrogen (secondary N) is 2. The molecule has 3 N–H and O–H groups in total. The lowest BCUT2D eigenvalue weighted by Crippen LogP contribution is -2.45. The minimum atomic E-state index is -0.864. The van der Waals surface area contributed by atoms with Crippen LogP contribution in [-0.4, -0.2) is 41.2 Å². The number of rotatable bonds is 4. The van der Waals surface area contributed by atoms with E-state index >= 15 is 0 Å². The lowest BCUT2D eigenvalue weighted by atomic mass is 10.2. The second-order valence-corrected chi connectivity index (χ2v) is 6.04. The molecule has 142 valence electrons. The molecule has 0 saturated heterocycles. The Hall–Kier alpha value is -3.88. The standard InChI is InChI=1S/C19H16N4O5/c24-16(22-23-17-11-5-1-2-6-12(11)21-19(17)26)9-20-18(25)15-10-27-13-7-3-4-8-14(13)28-15/h1-8,15,21,26H,9-10H2,(H,20,25)/t15-/m0/s1. The molecular formula is C19H16N4O5. The number of hydrogen-bond donors (Lipinski definition) is 3. The average molecular weight is 380 g/mol. The molecule has 1 aliphatic rings. The van der Waals surface area contributed by atoms with Crippen LogP contribution in [0.4, 0.5) is 5.69 Å². The highest BCUT2D eigenvalue weighted by Crippen LogP contribution is 2.35. The van der Waals surface area contributed by atoms with Gasteiger partial charge in [-0.25, -0.2) is 0 Å². The number of nitrogens with zero attached hydrogens (tertiary/aromatic N) is 2. The molecule has 0 aliphatic carbocycles. The van der Waals surface area contributed by atoms with Gasteiger partial charge in [0, 0.05) is 5.39 Å². The molecule has 3 aromatic rings. The maximum Gasteiger partial charge on any atom is 0.283 e. The quantitative estimate of drug-likeness (QED) is 0.600. The Kier molecular flexibility index (Phi) is 4.63. The molecule has 4 rings (SSSR count). The average Bonchev–Trinajstić information content (AvgIpc) is 3.05. The van der Waals surface area contributed by atoms with E-state index < -0.39 is 17.9 Å². The van der Waals surface area contributed by atoms with Gasteiger partial charge in [0.15, 0.2) is 17.2 Å². The maximum absolute atomic E-state index is 12.2. The van der Waals surface area contributed by atoms with Gasteiger partial charge < -0.3 is 24.9 Å². The Bertz CT molecular complexity index is 1080. The van der Waals surface area contributed by atoms with Crippen LogP contribution < -0.4 is 14.8 Å². The van der Waals surface area contributed by atoms with Crippen LogP contribution in [0.3, 0.4) is 0 Å². The topological polar surface area (TPSA) is 125 Å². The third-order valence-electron chi connectivity index (χ3n) is 4.14. The second kappa shape index (κ2) is 7.39. The van der Waals surface area contributed by atoms with Crippen molar-refractivity contribution in [3.05, 3.63) is 48.5 Å². The summed E-state index contributed by atoms with van der Waals surface area (Å²) in [5, 5.41) is 20.3. The first-order valence-corrected chi connectivity index (χ1v) is 8.52. The lowest BCUT2D eigenvalue weighted by Gasteiger charge is -2.25. The first-order valence-electron chi connectivity index (χ1n) is 8.52. The number of para-hydroxylation sites is 3. The van der Waals surface area contributed by atoms with Gasteiger partial charge in [-0.2, -0.15) is 0 Å². The smallest absolute Gasteiger partial charge is 0.283 e. The van der Waals surface area contributed by atoms with Crippen LogP contribution in [0.1, 0.15) is 0 Å². The van der Waals surface area contributed by atoms with Gasteiger partial charge in [0.25, 0.3) is 11.8 Å². The molecule has 0 bridgehead atoms. The van der Waals surface area contributed by atoms with Crippen molar-refractivity contribution < 1.29 is 24.2 Å². The molecule has 1 aliphatic heterocycles. The molecule has 28 heavy (non-hydrogen) atoms. The summed E-state index contributed by atoms with van der Waals surface area (Å²) >= 11 is 0. The van der Waals surface area contributed by atoms with E-state index in [-0.39, 0.29) is 24.7 Å². The largest absolute Gasteiger partial charge is 0.493 e. The Morgan fingerprint density at radius 2 is 1.89 bits per heavy atom. The highest BCUT2D eigenvalue weighted by molar-refractivity contribution is 5.94. The number of carbonyl (C=O) groups excluding carboxylic acids is 2. The van der Waals surface area contributed by atoms with Crippen LogP contribution in [0.5, 0.6) is 17.4 Å². The Balaban J connectivity index is 1.35. The Morgan fingerprint density at radius 3 is 2.75 bits per heavy atom. The number of aromatic hydroxyl groups is 1. The van der Waals surface area contributed by atoms with Gasteiger partial charge in [-0.05, 0) is 18.2 Å². The number of benzene rings is 2. The third kappa shape index (κ3) is 3.50. The molecule has 1 aromatic heterocycles. The number of amides is 2. The van der Waals surface area contributed by atoms with E-state index in [0.717, 1.165) is 0 Å². The van der Waals surface area contributed by atoms with Crippen molar-refractivity contribution in [2.45, 2.75) is 6.10 Å². The van der Waals surface area contributed by atoms with E-state index in [4.69, 9.17) is 9.47 Å². The van der Waals surface area contributed by atoms with Crippen molar-refractivity contribution in [3.63, 3.8) is 0 Å². The molecule has 2 amide bonds. The van der Waals surface area contributed by atoms with Crippen molar-refractivity contribution in [1.29, 1.82) is 0 Å². The van der Waals surface area contributed by atoms with Crippen LogP contribution in [0.15, 0.2) is 58.8 Å². The van der Waals surface area contributed by atoms with Crippen molar-refractivity contribution >= 4 is 28.4 Å². The van der Waals surface area contributed by atoms with Gasteiger partial charge in [-0.15, -0.1) is 10.2 Å². The zero-order valence-corrected chi connectivity index (χ0v) is 14.6. The molecular weight excluding hydrogens is 364 g/mol. The van der Waals surface area contributed by atoms with Crippen molar-refractivity contribution in [2.24, 2.45) is 10.2 Å². The fourth-order valence-electron chi connectivity index (χ4n) is 2.78. The molecule has 0 spiro atoms. The minimum absolute atomic E-state index is 0.0434. The predicted molar refractivity (Wildman–Crippen MR) is 98.8 cm³/mol. The first-order chi connectivity index (χ1) is 13.6. The molecule has 0 fully saturated rings. The highest BCUT2D eigenvalue weighted by Gasteiger charge is 2.27. The zero-order chi connectivity index (χ0) is 19.5. The van der Waals surface area contributed by atoms with Crippen molar-refractivity contribution in [2.75, 3.05) is 13.2 Å². The van der Waals surface area contributed by atoms with E-state index in [1.165, 1.54) is 0 Å². The maximum atomic E-state index is 12.2. The fraction of sp³-hybridized carbons (Fsp3) is 0.158. The summed E-state index contributed by atoms with van der Waals surface area (Å²) in [6.45, 7) is -0.311. The zero-order valence-electron chi connectivity index (χ0n) is 14.6. The highest BCUT2D eigenvalue weighted by atomic mass is 16.6. The van der Waals surface area contributed by atoms with E-state index in [1.54, 1.807) is 48.5 Å². The van der Waals surface area contributed by atoms with Gasteiger partial charge in [0.1, 0.15) is 13.2 Å². The molecule has 0 saturated carbocycles. The molecule has 2 aromatic carbocycles. The van der Waals surface area contributed by atoms with Crippen LogP contribution in [0.2, 0.25) is 0 Å². The van der Waals surface area contributed by atoms with E-state index in [0.29, 0.717) is 22.4 Å². The number of aromatic amines is 1. The van der Waals surface area contributed by atoms with Crippen molar-refractivity contribution in [3.8, 4) is 17.4 Å². The minimum Gasteiger partial charge on any atom is -0.493 e. The SMILES string of the molecule is O=C(CNC(=O)[C@@H]1COc2ccccc2O1)N=Nc1c(O)[nH]c2ccccc12. The van der Waals surface area contributed by atoms with Gasteiger partial charge >= 0.3 is 0 Å². The number of H-pyrrole nitrogens is 1. The normalized spacial score (nSPS) is 15.6. The molecule has 0 unspecified atom stereocenters. The van der Waals surface area contributed by atoms with E-state index in [9.17, 15) is 14.7 Å². The van der Waals surface area contributed by atoms with Crippen LogP contribution in [0, 0.1) is 0 Å². The van der Waals surface area contributed by atoms with Crippen molar-refractivity contribution in [1.82, 2.24) is 10.3 Å². The third-order valence-corrected chi connectivity index (χ3v) is 4.14. The molecule has 0 radical (unpaired) electrons. The summed E-state index contributed by atoms with van der Waals surface area (Å²) in [6.07, 6.45) is -0.864. The number of ether oxygens (including phenoxy) is 2. The summed E-state index contributed by atoms with van der Waals surface area (Å²) < 4.78 is 11.0. The molecule has 9 heteroatoms. The molecule has 2 heterocycles. The molecule has 1 atom stereocenters. The van der Waals surface area contributed by atoms with Gasteiger partial charge in [-0.3, -0.25) is 9.59 Å². The van der Waals surface area contributed by atoms with Crippen LogP contribution >= 0.6 is 0 Å². The lowest BCUT2D eigenvalue weighted by molar-refractivity contribution is -0.132. The van der Waals surface area contributed by atoms with E-state index in [2.05, 4.69) is 20.5 Å². The summed E-state index contributed by atoms with van der Waals surface area (Å²) in [6, 6.07) is 14.1. The summed E-state index contributed by atoms with van der Waals surface area (Å²) in [4.78, 5) is 26.9. The van der Waals surface area contributed by atoms with Gasteiger partial charge in [-0.1, -0.05) is 30.3 Å². The number of fused-ring (bicyclic) bond motifs is 2. The molecule has 9 nitrogen and oxygen atoms in total. The van der Waals surface area contributed by atoms with Gasteiger partial charge in [0.2, 0.25) is 12.0 Å². The Morgan fingerprint density at radius 1 is 1.14 bits per heavy atom. The number of carbonyl (C=O) groups is 2. The van der Waals surface area contributed by atoms with Crippen LogP contribution in [-0.2, 0) is 9.59 Å². The number of aromatic nitrogens is 1.